The van der Waals surface area contributed by atoms with Crippen molar-refractivity contribution in [3.8, 4) is 0 Å². The summed E-state index contributed by atoms with van der Waals surface area (Å²) in [6.45, 7) is 6.87. The number of ether oxygens (including phenoxy) is 1. The van der Waals surface area contributed by atoms with E-state index < -0.39 is 35.6 Å². The van der Waals surface area contributed by atoms with Crippen molar-refractivity contribution >= 4 is 23.5 Å². The number of aromatic nitrogens is 3. The van der Waals surface area contributed by atoms with Gasteiger partial charge in [-0.1, -0.05) is 0 Å². The highest BCUT2D eigenvalue weighted by atomic mass is 19.4. The molecule has 0 unspecified atom stereocenters. The van der Waals surface area contributed by atoms with Crippen molar-refractivity contribution in [2.45, 2.75) is 70.3 Å². The minimum atomic E-state index is -4.42. The van der Waals surface area contributed by atoms with Gasteiger partial charge in [0.15, 0.2) is 11.6 Å². The number of piperidine rings is 1. The molecule has 2 aliphatic heterocycles. The number of anilines is 3. The van der Waals surface area contributed by atoms with Gasteiger partial charge in [0.25, 0.3) is 0 Å². The van der Waals surface area contributed by atoms with Crippen molar-refractivity contribution in [3.63, 3.8) is 0 Å². The third-order valence-electron chi connectivity index (χ3n) is 7.48. The zero-order chi connectivity index (χ0) is 27.8. The summed E-state index contributed by atoms with van der Waals surface area (Å²) in [5.41, 5.74) is -1.39. The molecular weight excluding hydrogens is 508 g/mol. The van der Waals surface area contributed by atoms with Gasteiger partial charge in [-0.25, -0.2) is 19.1 Å². The number of carbonyl (C=O) groups excluding carboxylic acids is 1. The van der Waals surface area contributed by atoms with Crippen LogP contribution in [-0.4, -0.2) is 70.2 Å². The first-order chi connectivity index (χ1) is 17.8. The zero-order valence-electron chi connectivity index (χ0n) is 21.7. The molecule has 1 amide bonds. The van der Waals surface area contributed by atoms with E-state index in [2.05, 4.69) is 20.3 Å². The fraction of sp³-hybridized carbons (Fsp3) is 0.600. The van der Waals surface area contributed by atoms with Crippen LogP contribution in [0.15, 0.2) is 24.5 Å². The summed E-state index contributed by atoms with van der Waals surface area (Å²) in [5.74, 6) is -0.758. The standard InChI is InChI=1S/C25H32F4N6O3/c1-14(32-22-31-12-18(26)21(33-22)35-19(15(2)36)13-38-23(35)37)16-6-9-34(10-7-16)17-5-8-30-20(11-17)24(3,4)25(27,28)29/h5,8,11-12,14-16,19,36H,6-7,9-10,13H2,1-4H3,(H,31,32,33)/t14-,15-,19+/m0/s1. The van der Waals surface area contributed by atoms with Crippen LogP contribution in [0.3, 0.4) is 0 Å². The van der Waals surface area contributed by atoms with Gasteiger partial charge in [0.05, 0.1) is 18.0 Å². The average molecular weight is 541 g/mol. The van der Waals surface area contributed by atoms with Gasteiger partial charge < -0.3 is 20.1 Å². The number of carbonyl (C=O) groups is 1. The van der Waals surface area contributed by atoms with E-state index in [9.17, 15) is 27.5 Å². The van der Waals surface area contributed by atoms with Crippen molar-refractivity contribution in [1.29, 1.82) is 0 Å². The molecule has 2 N–H and O–H groups in total. The van der Waals surface area contributed by atoms with E-state index in [1.54, 1.807) is 6.07 Å². The number of rotatable bonds is 7. The maximum atomic E-state index is 14.5. The molecule has 9 nitrogen and oxygen atoms in total. The lowest BCUT2D eigenvalue weighted by Crippen LogP contribution is -2.42. The Morgan fingerprint density at radius 3 is 2.50 bits per heavy atom. The van der Waals surface area contributed by atoms with E-state index >= 15 is 0 Å². The number of aliphatic hydroxyl groups is 1. The van der Waals surface area contributed by atoms with Crippen LogP contribution in [0.1, 0.15) is 46.2 Å². The second-order valence-electron chi connectivity index (χ2n) is 10.4. The normalized spacial score (nSPS) is 20.9. The quantitative estimate of drug-likeness (QED) is 0.502. The molecule has 4 rings (SSSR count). The Morgan fingerprint density at radius 2 is 1.87 bits per heavy atom. The van der Waals surface area contributed by atoms with Crippen molar-refractivity contribution in [2.24, 2.45) is 5.92 Å². The van der Waals surface area contributed by atoms with Crippen molar-refractivity contribution < 1.29 is 32.2 Å². The maximum Gasteiger partial charge on any atom is 0.416 e. The Morgan fingerprint density at radius 1 is 1.18 bits per heavy atom. The molecule has 0 saturated carbocycles. The zero-order valence-corrected chi connectivity index (χ0v) is 21.7. The Bertz CT molecular complexity index is 1150. The van der Waals surface area contributed by atoms with Gasteiger partial charge in [-0.3, -0.25) is 4.98 Å². The third-order valence-corrected chi connectivity index (χ3v) is 7.48. The lowest BCUT2D eigenvalue weighted by atomic mass is 9.87. The molecule has 2 aromatic rings. The molecule has 2 fully saturated rings. The fourth-order valence-electron chi connectivity index (χ4n) is 4.71. The molecule has 3 atom stereocenters. The number of alkyl halides is 3. The minimum absolute atomic E-state index is 0.0244. The molecular formula is C25H32F4N6O3. The van der Waals surface area contributed by atoms with Gasteiger partial charge in [-0.2, -0.15) is 18.2 Å². The molecule has 2 aromatic heterocycles. The van der Waals surface area contributed by atoms with Gasteiger partial charge in [-0.05, 0) is 58.6 Å². The molecule has 13 heteroatoms. The molecule has 0 aliphatic carbocycles. The van der Waals surface area contributed by atoms with Gasteiger partial charge in [-0.15, -0.1) is 0 Å². The topological polar surface area (TPSA) is 104 Å². The summed E-state index contributed by atoms with van der Waals surface area (Å²) < 4.78 is 60.0. The van der Waals surface area contributed by atoms with Crippen LogP contribution >= 0.6 is 0 Å². The Kier molecular flexibility index (Phi) is 7.69. The number of cyclic esters (lactones) is 1. The highest BCUT2D eigenvalue weighted by Crippen LogP contribution is 2.40. The van der Waals surface area contributed by atoms with E-state index in [0.29, 0.717) is 18.8 Å². The summed E-state index contributed by atoms with van der Waals surface area (Å²) in [6, 6.07) is 2.35. The maximum absolute atomic E-state index is 14.5. The van der Waals surface area contributed by atoms with E-state index in [1.807, 2.05) is 11.8 Å². The minimum Gasteiger partial charge on any atom is -0.447 e. The highest BCUT2D eigenvalue weighted by Gasteiger charge is 2.49. The van der Waals surface area contributed by atoms with Gasteiger partial charge in [0.2, 0.25) is 5.95 Å². The first-order valence-corrected chi connectivity index (χ1v) is 12.5. The van der Waals surface area contributed by atoms with Crippen molar-refractivity contribution in [3.05, 3.63) is 36.0 Å². The predicted octanol–water partition coefficient (Wildman–Crippen LogP) is 4.27. The average Bonchev–Trinajstić information content (AvgIpc) is 3.26. The summed E-state index contributed by atoms with van der Waals surface area (Å²) >= 11 is 0. The van der Waals surface area contributed by atoms with Crippen LogP contribution in [0.2, 0.25) is 0 Å². The van der Waals surface area contributed by atoms with E-state index in [1.165, 1.54) is 19.2 Å². The summed E-state index contributed by atoms with van der Waals surface area (Å²) in [5, 5.41) is 13.1. The van der Waals surface area contributed by atoms with Crippen molar-refractivity contribution in [1.82, 2.24) is 15.0 Å². The fourth-order valence-corrected chi connectivity index (χ4v) is 4.71. The molecule has 0 radical (unpaired) electrons. The van der Waals surface area contributed by atoms with Crippen LogP contribution in [-0.2, 0) is 10.2 Å². The van der Waals surface area contributed by atoms with Crippen LogP contribution in [0, 0.1) is 11.7 Å². The van der Waals surface area contributed by atoms with E-state index in [0.717, 1.165) is 37.8 Å². The monoisotopic (exact) mass is 540 g/mol. The van der Waals surface area contributed by atoms with Gasteiger partial charge in [0, 0.05) is 31.0 Å². The summed E-state index contributed by atoms with van der Waals surface area (Å²) in [6.07, 6.45) is -2.27. The molecule has 4 heterocycles. The molecule has 2 saturated heterocycles. The Balaban J connectivity index is 1.41. The van der Waals surface area contributed by atoms with Crippen molar-refractivity contribution in [2.75, 3.05) is 34.8 Å². The first kappa shape index (κ1) is 27.8. The molecule has 0 spiro atoms. The number of halogens is 4. The molecule has 2 aliphatic rings. The van der Waals surface area contributed by atoms with Gasteiger partial charge >= 0.3 is 12.3 Å². The smallest absolute Gasteiger partial charge is 0.416 e. The highest BCUT2D eigenvalue weighted by molar-refractivity contribution is 5.89. The number of pyridine rings is 1. The molecule has 0 bridgehead atoms. The van der Waals surface area contributed by atoms with Gasteiger partial charge in [0.1, 0.15) is 18.1 Å². The van der Waals surface area contributed by atoms with Crippen LogP contribution in [0.5, 0.6) is 0 Å². The van der Waals surface area contributed by atoms with E-state index in [-0.39, 0.29) is 36.0 Å². The van der Waals surface area contributed by atoms with E-state index in [4.69, 9.17) is 4.74 Å². The molecule has 208 valence electrons. The van der Waals surface area contributed by atoms with Crippen LogP contribution < -0.4 is 15.1 Å². The molecule has 0 aromatic carbocycles. The third kappa shape index (κ3) is 5.47. The van der Waals surface area contributed by atoms with Crippen LogP contribution in [0.25, 0.3) is 0 Å². The SMILES string of the molecule is C[C@H](Nc1ncc(F)c(N2C(=O)OC[C@@H]2[C@H](C)O)n1)C1CCN(c2ccnc(C(C)(C)C(F)(F)F)c2)CC1. The lowest BCUT2D eigenvalue weighted by molar-refractivity contribution is -0.181. The summed E-state index contributed by atoms with van der Waals surface area (Å²) in [7, 11) is 0. The number of amides is 1. The summed E-state index contributed by atoms with van der Waals surface area (Å²) in [4.78, 5) is 27.4. The number of nitrogens with zero attached hydrogens (tertiary/aromatic N) is 5. The second-order valence-corrected chi connectivity index (χ2v) is 10.4. The number of nitrogens with one attached hydrogen (secondary N) is 1. The molecule has 38 heavy (non-hydrogen) atoms. The number of hydrogen-bond donors (Lipinski definition) is 2. The number of aliphatic hydroxyl groups excluding tert-OH is 1. The lowest BCUT2D eigenvalue weighted by Gasteiger charge is -2.37. The predicted molar refractivity (Wildman–Crippen MR) is 133 cm³/mol. The number of hydrogen-bond acceptors (Lipinski definition) is 8. The second kappa shape index (κ2) is 10.5. The van der Waals surface area contributed by atoms with Crippen LogP contribution in [0.4, 0.5) is 39.8 Å². The largest absolute Gasteiger partial charge is 0.447 e. The first-order valence-electron chi connectivity index (χ1n) is 12.5. The Labute approximate surface area is 218 Å². The Hall–Kier alpha value is -3.22.